The second-order valence-corrected chi connectivity index (χ2v) is 5.10. The summed E-state index contributed by atoms with van der Waals surface area (Å²) >= 11 is 0. The molecule has 0 aliphatic carbocycles. The molecule has 0 fully saturated rings. The van der Waals surface area contributed by atoms with Gasteiger partial charge in [-0.25, -0.2) is 0 Å². The van der Waals surface area contributed by atoms with Crippen LogP contribution < -0.4 is 5.32 Å². The quantitative estimate of drug-likeness (QED) is 0.640. The van der Waals surface area contributed by atoms with Crippen LogP contribution in [0.4, 0.5) is 0 Å². The predicted octanol–water partition coefficient (Wildman–Crippen LogP) is 1.92. The molecule has 0 saturated carbocycles. The summed E-state index contributed by atoms with van der Waals surface area (Å²) in [5.41, 5.74) is 0.308. The van der Waals surface area contributed by atoms with Gasteiger partial charge in [0.25, 0.3) is 0 Å². The van der Waals surface area contributed by atoms with Crippen LogP contribution in [0.25, 0.3) is 0 Å². The topological polar surface area (TPSA) is 30.5 Å². The van der Waals surface area contributed by atoms with Crippen LogP contribution >= 0.6 is 0 Å². The molecule has 0 bridgehead atoms. The monoisotopic (exact) mass is 217 g/mol. The maximum absolute atomic E-state index is 5.10. The first-order valence-corrected chi connectivity index (χ1v) is 5.70. The summed E-state index contributed by atoms with van der Waals surface area (Å²) in [6, 6.07) is 0. The highest BCUT2D eigenvalue weighted by atomic mass is 16.5. The number of nitrogens with one attached hydrogen (secondary N) is 1. The van der Waals surface area contributed by atoms with Crippen molar-refractivity contribution in [2.24, 2.45) is 11.3 Å². The van der Waals surface area contributed by atoms with Crippen LogP contribution in [0.5, 0.6) is 0 Å². The lowest BCUT2D eigenvalue weighted by Crippen LogP contribution is -2.33. The minimum Gasteiger partial charge on any atom is -0.385 e. The van der Waals surface area contributed by atoms with Gasteiger partial charge in [0.2, 0.25) is 0 Å². The van der Waals surface area contributed by atoms with E-state index in [-0.39, 0.29) is 0 Å². The minimum atomic E-state index is 0.308. The van der Waals surface area contributed by atoms with Gasteiger partial charge >= 0.3 is 0 Å². The Morgan fingerprint density at radius 2 is 1.87 bits per heavy atom. The summed E-state index contributed by atoms with van der Waals surface area (Å²) in [6.45, 7) is 10.4. The van der Waals surface area contributed by atoms with E-state index in [1.54, 1.807) is 14.2 Å². The van der Waals surface area contributed by atoms with Crippen LogP contribution in [-0.2, 0) is 9.47 Å². The fourth-order valence-electron chi connectivity index (χ4n) is 1.47. The van der Waals surface area contributed by atoms with E-state index < -0.39 is 0 Å². The Morgan fingerprint density at radius 3 is 2.40 bits per heavy atom. The molecule has 3 nitrogen and oxygen atoms in total. The van der Waals surface area contributed by atoms with Crippen molar-refractivity contribution in [3.8, 4) is 0 Å². The van der Waals surface area contributed by atoms with Crippen LogP contribution in [0.1, 0.15) is 27.2 Å². The van der Waals surface area contributed by atoms with E-state index in [9.17, 15) is 0 Å². The third-order valence-corrected chi connectivity index (χ3v) is 2.53. The molecule has 0 heterocycles. The average Bonchev–Trinajstić information content (AvgIpc) is 2.15. The molecular weight excluding hydrogens is 190 g/mol. The zero-order valence-electron chi connectivity index (χ0n) is 10.9. The van der Waals surface area contributed by atoms with Crippen molar-refractivity contribution >= 4 is 0 Å². The van der Waals surface area contributed by atoms with Crippen molar-refractivity contribution in [1.82, 2.24) is 5.32 Å². The van der Waals surface area contributed by atoms with Gasteiger partial charge in [-0.2, -0.15) is 0 Å². The molecule has 0 spiro atoms. The van der Waals surface area contributed by atoms with Crippen molar-refractivity contribution in [3.63, 3.8) is 0 Å². The van der Waals surface area contributed by atoms with E-state index in [1.165, 1.54) is 0 Å². The molecule has 0 radical (unpaired) electrons. The number of hydrogen-bond acceptors (Lipinski definition) is 3. The first-order chi connectivity index (χ1) is 7.02. The van der Waals surface area contributed by atoms with Crippen LogP contribution in [0, 0.1) is 11.3 Å². The summed E-state index contributed by atoms with van der Waals surface area (Å²) in [7, 11) is 3.50. The summed E-state index contributed by atoms with van der Waals surface area (Å²) < 4.78 is 10.2. The van der Waals surface area contributed by atoms with Gasteiger partial charge in [0.05, 0.1) is 0 Å². The van der Waals surface area contributed by atoms with Crippen molar-refractivity contribution in [2.75, 3.05) is 40.5 Å². The first kappa shape index (κ1) is 14.9. The molecule has 15 heavy (non-hydrogen) atoms. The average molecular weight is 217 g/mol. The molecule has 0 aromatic carbocycles. The maximum atomic E-state index is 5.10. The molecule has 0 aliphatic heterocycles. The third kappa shape index (κ3) is 8.85. The molecule has 0 aromatic rings. The first-order valence-electron chi connectivity index (χ1n) is 5.70. The molecule has 92 valence electrons. The Morgan fingerprint density at radius 1 is 1.20 bits per heavy atom. The molecule has 3 heteroatoms. The van der Waals surface area contributed by atoms with Crippen molar-refractivity contribution in [1.29, 1.82) is 0 Å². The molecule has 1 unspecified atom stereocenters. The minimum absolute atomic E-state index is 0.308. The van der Waals surface area contributed by atoms with Gasteiger partial charge < -0.3 is 14.8 Å². The SMILES string of the molecule is COCCC(C)(C)CNCC(C)COC. The van der Waals surface area contributed by atoms with Gasteiger partial charge in [0.15, 0.2) is 0 Å². The van der Waals surface area contributed by atoms with Crippen LogP contribution in [0.15, 0.2) is 0 Å². The van der Waals surface area contributed by atoms with Crippen LogP contribution in [0.2, 0.25) is 0 Å². The van der Waals surface area contributed by atoms with Gasteiger partial charge in [-0.1, -0.05) is 20.8 Å². The normalized spacial score (nSPS) is 14.2. The third-order valence-electron chi connectivity index (χ3n) is 2.53. The molecule has 0 aromatic heterocycles. The standard InChI is InChI=1S/C12H27NO2/c1-11(9-15-5)8-13-10-12(2,3)6-7-14-4/h11,13H,6-10H2,1-5H3. The lowest BCUT2D eigenvalue weighted by molar-refractivity contribution is 0.142. The molecule has 0 amide bonds. The number of methoxy groups -OCH3 is 2. The largest absolute Gasteiger partial charge is 0.385 e. The highest BCUT2D eigenvalue weighted by Gasteiger charge is 2.17. The number of ether oxygens (including phenoxy) is 2. The Bertz CT molecular complexity index is 149. The van der Waals surface area contributed by atoms with Crippen molar-refractivity contribution < 1.29 is 9.47 Å². The van der Waals surface area contributed by atoms with Crippen molar-refractivity contribution in [3.05, 3.63) is 0 Å². The Labute approximate surface area is 94.5 Å². The van der Waals surface area contributed by atoms with Gasteiger partial charge in [0.1, 0.15) is 0 Å². The van der Waals surface area contributed by atoms with E-state index in [0.717, 1.165) is 32.7 Å². The lowest BCUT2D eigenvalue weighted by atomic mass is 9.89. The molecule has 0 saturated heterocycles. The molecule has 0 rings (SSSR count). The number of rotatable bonds is 9. The fourth-order valence-corrected chi connectivity index (χ4v) is 1.47. The van der Waals surface area contributed by atoms with Gasteiger partial charge in [-0.15, -0.1) is 0 Å². The van der Waals surface area contributed by atoms with Gasteiger partial charge in [-0.05, 0) is 24.3 Å². The van der Waals surface area contributed by atoms with Crippen LogP contribution in [-0.4, -0.2) is 40.5 Å². The van der Waals surface area contributed by atoms with E-state index in [2.05, 4.69) is 26.1 Å². The predicted molar refractivity (Wildman–Crippen MR) is 64.2 cm³/mol. The fraction of sp³-hybridized carbons (Fsp3) is 1.00. The van der Waals surface area contributed by atoms with E-state index >= 15 is 0 Å². The zero-order chi connectivity index (χ0) is 11.7. The van der Waals surface area contributed by atoms with Gasteiger partial charge in [0, 0.05) is 34.0 Å². The summed E-state index contributed by atoms with van der Waals surface area (Å²) in [4.78, 5) is 0. The van der Waals surface area contributed by atoms with Crippen molar-refractivity contribution in [2.45, 2.75) is 27.2 Å². The van der Waals surface area contributed by atoms with E-state index in [4.69, 9.17) is 9.47 Å². The van der Waals surface area contributed by atoms with Gasteiger partial charge in [-0.3, -0.25) is 0 Å². The molecular formula is C12H27NO2. The molecule has 1 atom stereocenters. The highest BCUT2D eigenvalue weighted by molar-refractivity contribution is 4.72. The Hall–Kier alpha value is -0.120. The molecule has 0 aliphatic rings. The number of hydrogen-bond donors (Lipinski definition) is 1. The molecule has 1 N–H and O–H groups in total. The van der Waals surface area contributed by atoms with E-state index in [0.29, 0.717) is 11.3 Å². The lowest BCUT2D eigenvalue weighted by Gasteiger charge is -2.25. The Kier molecular flexibility index (Phi) is 8.02. The second kappa shape index (κ2) is 8.08. The smallest absolute Gasteiger partial charge is 0.0499 e. The van der Waals surface area contributed by atoms with E-state index in [1.807, 2.05) is 0 Å². The second-order valence-electron chi connectivity index (χ2n) is 5.10. The highest BCUT2D eigenvalue weighted by Crippen LogP contribution is 2.18. The summed E-state index contributed by atoms with van der Waals surface area (Å²) in [6.07, 6.45) is 1.09. The summed E-state index contributed by atoms with van der Waals surface area (Å²) in [5, 5.41) is 3.48. The Balaban J connectivity index is 3.55. The van der Waals surface area contributed by atoms with Crippen LogP contribution in [0.3, 0.4) is 0 Å². The summed E-state index contributed by atoms with van der Waals surface area (Å²) in [5.74, 6) is 0.577. The zero-order valence-corrected chi connectivity index (χ0v) is 10.9. The maximum Gasteiger partial charge on any atom is 0.0499 e.